The monoisotopic (exact) mass is 235 g/mol. The molecule has 0 aliphatic carbocycles. The second kappa shape index (κ2) is 5.32. The van der Waals surface area contributed by atoms with Crippen LogP contribution in [0.15, 0.2) is 24.3 Å². The van der Waals surface area contributed by atoms with Crippen molar-refractivity contribution in [1.29, 1.82) is 0 Å². The van der Waals surface area contributed by atoms with Crippen LogP contribution in [0.3, 0.4) is 0 Å². The van der Waals surface area contributed by atoms with Gasteiger partial charge in [0.1, 0.15) is 0 Å². The molecule has 0 saturated carbocycles. The average molecular weight is 235 g/mol. The quantitative estimate of drug-likeness (QED) is 0.838. The summed E-state index contributed by atoms with van der Waals surface area (Å²) >= 11 is 0. The van der Waals surface area contributed by atoms with Crippen LogP contribution < -0.4 is 5.32 Å². The molecule has 17 heavy (non-hydrogen) atoms. The molecule has 0 spiro atoms. The average Bonchev–Trinajstić information content (AvgIpc) is 2.27. The summed E-state index contributed by atoms with van der Waals surface area (Å²) in [5.74, 6) is -0.268. The van der Waals surface area contributed by atoms with Crippen LogP contribution in [0.5, 0.6) is 0 Å². The van der Waals surface area contributed by atoms with E-state index in [1.54, 1.807) is 13.8 Å². The smallest absolute Gasteiger partial charge is 0.227 e. The van der Waals surface area contributed by atoms with Crippen LogP contribution in [0.1, 0.15) is 37.8 Å². The number of aryl methyl sites for hydroxylation is 1. The summed E-state index contributed by atoms with van der Waals surface area (Å²) in [6.07, 6.45) is 0. The van der Waals surface area contributed by atoms with Crippen molar-refractivity contribution in [3.05, 3.63) is 35.4 Å². The molecular formula is C14H21NO2. The van der Waals surface area contributed by atoms with Crippen LogP contribution in [0.2, 0.25) is 0 Å². The first-order valence-electron chi connectivity index (χ1n) is 5.85. The molecule has 1 amide bonds. The molecule has 94 valence electrons. The number of hydrogen-bond donors (Lipinski definition) is 2. The summed E-state index contributed by atoms with van der Waals surface area (Å²) in [6.45, 7) is 7.41. The summed E-state index contributed by atoms with van der Waals surface area (Å²) in [5.41, 5.74) is 1.56. The number of aliphatic hydroxyl groups is 1. The van der Waals surface area contributed by atoms with E-state index in [9.17, 15) is 4.79 Å². The van der Waals surface area contributed by atoms with E-state index in [1.807, 2.05) is 38.1 Å². The molecule has 0 aliphatic rings. The fourth-order valence-electron chi connectivity index (χ4n) is 1.57. The molecule has 0 aliphatic heterocycles. The van der Waals surface area contributed by atoms with Crippen molar-refractivity contribution >= 4 is 5.91 Å². The number of hydrogen-bond acceptors (Lipinski definition) is 2. The van der Waals surface area contributed by atoms with Gasteiger partial charge in [-0.1, -0.05) is 29.8 Å². The Morgan fingerprint density at radius 2 is 2.12 bits per heavy atom. The fraction of sp³-hybridized carbons (Fsp3) is 0.500. The number of carbonyl (C=O) groups excluding carboxylic acids is 1. The van der Waals surface area contributed by atoms with Gasteiger partial charge in [0.2, 0.25) is 5.91 Å². The molecule has 0 radical (unpaired) electrons. The van der Waals surface area contributed by atoms with Gasteiger partial charge in [0.25, 0.3) is 0 Å². The lowest BCUT2D eigenvalue weighted by Crippen LogP contribution is -2.47. The molecule has 0 saturated heterocycles. The van der Waals surface area contributed by atoms with E-state index in [1.165, 1.54) is 0 Å². The van der Waals surface area contributed by atoms with Gasteiger partial charge in [-0.05, 0) is 33.3 Å². The second-order valence-corrected chi connectivity index (χ2v) is 5.17. The maximum atomic E-state index is 12.0. The van der Waals surface area contributed by atoms with Crippen molar-refractivity contribution in [3.8, 4) is 0 Å². The van der Waals surface area contributed by atoms with Gasteiger partial charge >= 0.3 is 0 Å². The Balaban J connectivity index is 2.77. The van der Waals surface area contributed by atoms with Crippen LogP contribution in [0.25, 0.3) is 0 Å². The Morgan fingerprint density at radius 3 is 2.65 bits per heavy atom. The topological polar surface area (TPSA) is 49.3 Å². The molecule has 1 rings (SSSR count). The number of rotatable bonds is 4. The van der Waals surface area contributed by atoms with E-state index in [0.29, 0.717) is 0 Å². The van der Waals surface area contributed by atoms with E-state index in [2.05, 4.69) is 5.32 Å². The molecule has 3 nitrogen and oxygen atoms in total. The van der Waals surface area contributed by atoms with Crippen molar-refractivity contribution in [2.75, 3.05) is 6.61 Å². The normalized spacial score (nSPS) is 13.2. The number of carbonyl (C=O) groups is 1. The van der Waals surface area contributed by atoms with Crippen molar-refractivity contribution in [3.63, 3.8) is 0 Å². The minimum absolute atomic E-state index is 0.0605. The van der Waals surface area contributed by atoms with E-state index < -0.39 is 5.54 Å². The first kappa shape index (κ1) is 13.7. The molecule has 2 N–H and O–H groups in total. The largest absolute Gasteiger partial charge is 0.394 e. The highest BCUT2D eigenvalue weighted by Gasteiger charge is 2.23. The van der Waals surface area contributed by atoms with Crippen LogP contribution in [-0.2, 0) is 4.79 Å². The van der Waals surface area contributed by atoms with Gasteiger partial charge in [-0.25, -0.2) is 0 Å². The Bertz CT molecular complexity index is 399. The standard InChI is InChI=1S/C14H21NO2/c1-10-6-5-7-12(8-10)11(2)13(17)15-14(3,4)9-16/h5-8,11,16H,9H2,1-4H3,(H,15,17). The summed E-state index contributed by atoms with van der Waals surface area (Å²) in [6, 6.07) is 7.91. The molecule has 0 heterocycles. The van der Waals surface area contributed by atoms with Crippen LogP contribution >= 0.6 is 0 Å². The predicted molar refractivity (Wildman–Crippen MR) is 68.9 cm³/mol. The lowest BCUT2D eigenvalue weighted by Gasteiger charge is -2.25. The van der Waals surface area contributed by atoms with Crippen LogP contribution in [0.4, 0.5) is 0 Å². The minimum Gasteiger partial charge on any atom is -0.394 e. The van der Waals surface area contributed by atoms with Gasteiger partial charge < -0.3 is 10.4 Å². The van der Waals surface area contributed by atoms with Gasteiger partial charge in [0, 0.05) is 0 Å². The third kappa shape index (κ3) is 3.86. The fourth-order valence-corrected chi connectivity index (χ4v) is 1.57. The molecule has 3 heteroatoms. The van der Waals surface area contributed by atoms with Gasteiger partial charge in [-0.15, -0.1) is 0 Å². The van der Waals surface area contributed by atoms with Gasteiger partial charge in [0.15, 0.2) is 0 Å². The molecule has 1 atom stereocenters. The predicted octanol–water partition coefficient (Wildman–Crippen LogP) is 1.99. The second-order valence-electron chi connectivity index (χ2n) is 5.17. The maximum absolute atomic E-state index is 12.0. The number of nitrogens with one attached hydrogen (secondary N) is 1. The number of aliphatic hydroxyl groups excluding tert-OH is 1. The summed E-state index contributed by atoms with van der Waals surface area (Å²) < 4.78 is 0. The van der Waals surface area contributed by atoms with Gasteiger partial charge in [0.05, 0.1) is 18.1 Å². The van der Waals surface area contributed by atoms with E-state index >= 15 is 0 Å². The Morgan fingerprint density at radius 1 is 1.47 bits per heavy atom. The molecule has 1 unspecified atom stereocenters. The number of amides is 1. The zero-order chi connectivity index (χ0) is 13.1. The highest BCUT2D eigenvalue weighted by atomic mass is 16.3. The molecule has 0 bridgehead atoms. The van der Waals surface area contributed by atoms with E-state index in [-0.39, 0.29) is 18.4 Å². The van der Waals surface area contributed by atoms with E-state index in [4.69, 9.17) is 5.11 Å². The molecule has 1 aromatic carbocycles. The Labute approximate surface area is 103 Å². The van der Waals surface area contributed by atoms with Crippen molar-refractivity contribution in [1.82, 2.24) is 5.32 Å². The first-order chi connectivity index (χ1) is 7.85. The zero-order valence-electron chi connectivity index (χ0n) is 10.9. The minimum atomic E-state index is -0.574. The summed E-state index contributed by atoms with van der Waals surface area (Å²) in [5, 5.41) is 12.0. The van der Waals surface area contributed by atoms with Crippen LogP contribution in [0, 0.1) is 6.92 Å². The summed E-state index contributed by atoms with van der Waals surface area (Å²) in [4.78, 5) is 12.0. The van der Waals surface area contributed by atoms with Crippen LogP contribution in [-0.4, -0.2) is 23.2 Å². The van der Waals surface area contributed by atoms with E-state index in [0.717, 1.165) is 11.1 Å². The summed E-state index contributed by atoms with van der Waals surface area (Å²) in [7, 11) is 0. The lowest BCUT2D eigenvalue weighted by molar-refractivity contribution is -0.124. The van der Waals surface area contributed by atoms with Gasteiger partial charge in [-0.3, -0.25) is 4.79 Å². The molecule has 1 aromatic rings. The Hall–Kier alpha value is -1.35. The Kier molecular flexibility index (Phi) is 4.29. The third-order valence-electron chi connectivity index (χ3n) is 2.79. The van der Waals surface area contributed by atoms with Crippen molar-refractivity contribution in [2.45, 2.75) is 39.2 Å². The number of benzene rings is 1. The highest BCUT2D eigenvalue weighted by Crippen LogP contribution is 2.17. The third-order valence-corrected chi connectivity index (χ3v) is 2.79. The first-order valence-corrected chi connectivity index (χ1v) is 5.85. The maximum Gasteiger partial charge on any atom is 0.227 e. The molecular weight excluding hydrogens is 214 g/mol. The zero-order valence-corrected chi connectivity index (χ0v) is 10.9. The highest BCUT2D eigenvalue weighted by molar-refractivity contribution is 5.83. The van der Waals surface area contributed by atoms with Crippen molar-refractivity contribution in [2.24, 2.45) is 0 Å². The lowest BCUT2D eigenvalue weighted by atomic mass is 9.97. The van der Waals surface area contributed by atoms with Crippen molar-refractivity contribution < 1.29 is 9.90 Å². The SMILES string of the molecule is Cc1cccc(C(C)C(=O)NC(C)(C)CO)c1. The molecule has 0 aromatic heterocycles. The molecule has 0 fully saturated rings. The van der Waals surface area contributed by atoms with Gasteiger partial charge in [-0.2, -0.15) is 0 Å².